The van der Waals surface area contributed by atoms with E-state index in [0.29, 0.717) is 15.1 Å². The van der Waals surface area contributed by atoms with E-state index in [4.69, 9.17) is 34.8 Å². The van der Waals surface area contributed by atoms with E-state index < -0.39 is 0 Å². The molecule has 0 radical (unpaired) electrons. The van der Waals surface area contributed by atoms with Gasteiger partial charge in [-0.15, -0.1) is 0 Å². The van der Waals surface area contributed by atoms with Crippen LogP contribution in [0.1, 0.15) is 0 Å². The number of hydrogen-bond donors (Lipinski definition) is 0. The van der Waals surface area contributed by atoms with Crippen LogP contribution in [0, 0.1) is 0 Å². The zero-order chi connectivity index (χ0) is 10.8. The van der Waals surface area contributed by atoms with Crippen molar-refractivity contribution in [2.45, 2.75) is 0 Å². The summed E-state index contributed by atoms with van der Waals surface area (Å²) in [6, 6.07) is 3.48. The van der Waals surface area contributed by atoms with Crippen LogP contribution in [0.2, 0.25) is 15.1 Å². The van der Waals surface area contributed by atoms with Gasteiger partial charge in [-0.3, -0.25) is 0 Å². The summed E-state index contributed by atoms with van der Waals surface area (Å²) < 4.78 is 0. The summed E-state index contributed by atoms with van der Waals surface area (Å²) in [5.41, 5.74) is 1.58. The molecule has 1 aromatic carbocycles. The lowest BCUT2D eigenvalue weighted by molar-refractivity contribution is 1.17. The number of benzene rings is 1. The highest BCUT2D eigenvalue weighted by molar-refractivity contribution is 6.49. The Labute approximate surface area is 102 Å². The average Bonchev–Trinajstić information content (AvgIpc) is 2.27. The topological polar surface area (TPSA) is 25.8 Å². The van der Waals surface area contributed by atoms with Gasteiger partial charge in [0.05, 0.1) is 15.1 Å². The highest BCUT2D eigenvalue weighted by Gasteiger charge is 2.10. The van der Waals surface area contributed by atoms with Crippen LogP contribution in [0.3, 0.4) is 0 Å². The van der Waals surface area contributed by atoms with Crippen molar-refractivity contribution in [2.24, 2.45) is 0 Å². The first-order valence-corrected chi connectivity index (χ1v) is 5.22. The maximum absolute atomic E-state index is 6.06. The molecule has 2 aromatic rings. The summed E-state index contributed by atoms with van der Waals surface area (Å²) in [5, 5.41) is 1.20. The Morgan fingerprint density at radius 2 is 1.53 bits per heavy atom. The number of halogens is 3. The van der Waals surface area contributed by atoms with Crippen molar-refractivity contribution in [1.82, 2.24) is 9.97 Å². The molecule has 0 spiro atoms. The second kappa shape index (κ2) is 4.35. The average molecular weight is 260 g/mol. The fourth-order valence-corrected chi connectivity index (χ4v) is 1.83. The molecule has 0 aliphatic carbocycles. The van der Waals surface area contributed by atoms with E-state index in [9.17, 15) is 0 Å². The molecule has 0 aliphatic rings. The highest BCUT2D eigenvalue weighted by Crippen LogP contribution is 2.37. The maximum Gasteiger partial charge on any atom is 0.115 e. The Kier molecular flexibility index (Phi) is 3.10. The molecule has 0 saturated heterocycles. The summed E-state index contributed by atoms with van der Waals surface area (Å²) in [6.07, 6.45) is 4.78. The number of hydrogen-bond acceptors (Lipinski definition) is 2. The van der Waals surface area contributed by atoms with Gasteiger partial charge >= 0.3 is 0 Å². The molecular formula is C10H5Cl3N2. The van der Waals surface area contributed by atoms with Crippen molar-refractivity contribution in [3.63, 3.8) is 0 Å². The van der Waals surface area contributed by atoms with Crippen molar-refractivity contribution < 1.29 is 0 Å². The number of rotatable bonds is 1. The quantitative estimate of drug-likeness (QED) is 0.721. The molecule has 5 heteroatoms. The molecule has 76 valence electrons. The molecule has 0 bridgehead atoms. The minimum absolute atomic E-state index is 0.347. The molecule has 2 nitrogen and oxygen atoms in total. The van der Waals surface area contributed by atoms with Gasteiger partial charge in [-0.2, -0.15) is 0 Å². The van der Waals surface area contributed by atoms with E-state index in [1.54, 1.807) is 24.5 Å². The van der Waals surface area contributed by atoms with Crippen LogP contribution >= 0.6 is 34.8 Å². The van der Waals surface area contributed by atoms with E-state index in [0.717, 1.165) is 11.1 Å². The first kappa shape index (κ1) is 10.7. The lowest BCUT2D eigenvalue weighted by atomic mass is 10.1. The van der Waals surface area contributed by atoms with Crippen LogP contribution in [0.5, 0.6) is 0 Å². The molecule has 2 rings (SSSR count). The van der Waals surface area contributed by atoms with Crippen LogP contribution < -0.4 is 0 Å². The van der Waals surface area contributed by atoms with Crippen LogP contribution in [0.4, 0.5) is 0 Å². The molecule has 0 saturated carbocycles. The SMILES string of the molecule is Clc1ccc(-c2cncnc2)c(Cl)c1Cl. The lowest BCUT2D eigenvalue weighted by Crippen LogP contribution is -1.84. The van der Waals surface area contributed by atoms with Crippen molar-refractivity contribution in [3.8, 4) is 11.1 Å². The fourth-order valence-electron chi connectivity index (χ4n) is 1.19. The van der Waals surface area contributed by atoms with E-state index in [-0.39, 0.29) is 0 Å². The second-order valence-corrected chi connectivity index (χ2v) is 4.01. The van der Waals surface area contributed by atoms with Crippen molar-refractivity contribution in [2.75, 3.05) is 0 Å². The largest absolute Gasteiger partial charge is 0.244 e. The Hall–Kier alpha value is -0.830. The van der Waals surface area contributed by atoms with Gasteiger partial charge in [-0.05, 0) is 6.07 Å². The normalized spacial score (nSPS) is 10.3. The van der Waals surface area contributed by atoms with E-state index in [1.807, 2.05) is 0 Å². The van der Waals surface area contributed by atoms with Gasteiger partial charge in [0.15, 0.2) is 0 Å². The molecule has 0 aliphatic heterocycles. The summed E-state index contributed by atoms with van der Waals surface area (Å²) in [5.74, 6) is 0. The smallest absolute Gasteiger partial charge is 0.115 e. The van der Waals surface area contributed by atoms with Gasteiger partial charge in [0.25, 0.3) is 0 Å². The Morgan fingerprint density at radius 1 is 0.867 bits per heavy atom. The zero-order valence-corrected chi connectivity index (χ0v) is 9.68. The molecule has 0 N–H and O–H groups in total. The van der Waals surface area contributed by atoms with Crippen molar-refractivity contribution in [3.05, 3.63) is 45.9 Å². The van der Waals surface area contributed by atoms with E-state index in [1.165, 1.54) is 6.33 Å². The summed E-state index contributed by atoms with van der Waals surface area (Å²) in [6.45, 7) is 0. The van der Waals surface area contributed by atoms with E-state index >= 15 is 0 Å². The Morgan fingerprint density at radius 3 is 2.20 bits per heavy atom. The van der Waals surface area contributed by atoms with Gasteiger partial charge in [0, 0.05) is 23.5 Å². The summed E-state index contributed by atoms with van der Waals surface area (Å²) in [4.78, 5) is 7.82. The summed E-state index contributed by atoms with van der Waals surface area (Å²) in [7, 11) is 0. The molecule has 15 heavy (non-hydrogen) atoms. The highest BCUT2D eigenvalue weighted by atomic mass is 35.5. The molecule has 0 amide bonds. The predicted octanol–water partition coefficient (Wildman–Crippen LogP) is 4.10. The fraction of sp³-hybridized carbons (Fsp3) is 0. The molecule has 0 fully saturated rings. The third-order valence-corrected chi connectivity index (χ3v) is 3.20. The van der Waals surface area contributed by atoms with E-state index in [2.05, 4.69) is 9.97 Å². The van der Waals surface area contributed by atoms with Crippen molar-refractivity contribution in [1.29, 1.82) is 0 Å². The van der Waals surface area contributed by atoms with Gasteiger partial charge in [-0.25, -0.2) is 9.97 Å². The summed E-state index contributed by atoms with van der Waals surface area (Å²) >= 11 is 17.8. The monoisotopic (exact) mass is 258 g/mol. The molecule has 0 atom stereocenters. The second-order valence-electron chi connectivity index (χ2n) is 2.85. The van der Waals surface area contributed by atoms with Crippen LogP contribution in [0.15, 0.2) is 30.9 Å². The molecular weight excluding hydrogens is 254 g/mol. The third kappa shape index (κ3) is 2.07. The zero-order valence-electron chi connectivity index (χ0n) is 7.42. The third-order valence-electron chi connectivity index (χ3n) is 1.91. The van der Waals surface area contributed by atoms with Crippen LogP contribution in [-0.2, 0) is 0 Å². The van der Waals surface area contributed by atoms with Crippen LogP contribution in [-0.4, -0.2) is 9.97 Å². The number of nitrogens with zero attached hydrogens (tertiary/aromatic N) is 2. The van der Waals surface area contributed by atoms with Gasteiger partial charge in [0.2, 0.25) is 0 Å². The van der Waals surface area contributed by atoms with Gasteiger partial charge < -0.3 is 0 Å². The Bertz CT molecular complexity index is 486. The van der Waals surface area contributed by atoms with Crippen molar-refractivity contribution >= 4 is 34.8 Å². The predicted molar refractivity (Wildman–Crippen MR) is 62.5 cm³/mol. The minimum Gasteiger partial charge on any atom is -0.244 e. The van der Waals surface area contributed by atoms with Gasteiger partial charge in [-0.1, -0.05) is 40.9 Å². The molecule has 1 heterocycles. The minimum atomic E-state index is 0.347. The first-order chi connectivity index (χ1) is 7.20. The van der Waals surface area contributed by atoms with Crippen LogP contribution in [0.25, 0.3) is 11.1 Å². The lowest BCUT2D eigenvalue weighted by Gasteiger charge is -2.06. The standard InChI is InChI=1S/C10H5Cl3N2/c11-8-2-1-7(9(12)10(8)13)6-3-14-5-15-4-6/h1-5H. The Balaban J connectivity index is 2.60. The molecule has 0 unspecified atom stereocenters. The maximum atomic E-state index is 6.06. The van der Waals surface area contributed by atoms with Gasteiger partial charge in [0.1, 0.15) is 6.33 Å². The number of aromatic nitrogens is 2. The molecule has 1 aromatic heterocycles. The first-order valence-electron chi connectivity index (χ1n) is 4.09.